The third kappa shape index (κ3) is 6.08. The molecule has 2 aliphatic heterocycles. The van der Waals surface area contributed by atoms with E-state index >= 15 is 0 Å². The summed E-state index contributed by atoms with van der Waals surface area (Å²) in [6.45, 7) is 0. The van der Waals surface area contributed by atoms with Gasteiger partial charge < -0.3 is 15.2 Å². The predicted molar refractivity (Wildman–Crippen MR) is 149 cm³/mol. The number of carbonyl (C=O) groups excluding carboxylic acids is 3. The molecule has 3 atom stereocenters. The van der Waals surface area contributed by atoms with Gasteiger partial charge in [-0.3, -0.25) is 14.5 Å². The van der Waals surface area contributed by atoms with E-state index in [9.17, 15) is 24.3 Å². The summed E-state index contributed by atoms with van der Waals surface area (Å²) in [5.41, 5.74) is 2.91. The number of nitrogens with zero attached hydrogens (tertiary/aromatic N) is 3. The molecule has 1 fully saturated rings. The van der Waals surface area contributed by atoms with Crippen LogP contribution in [0.5, 0.6) is 0 Å². The lowest BCUT2D eigenvalue weighted by molar-refractivity contribution is -0.156. The second-order valence-electron chi connectivity index (χ2n) is 8.22. The van der Waals surface area contributed by atoms with Crippen molar-refractivity contribution in [3.05, 3.63) is 81.1 Å². The first-order valence-corrected chi connectivity index (χ1v) is 15.3. The van der Waals surface area contributed by atoms with Crippen molar-refractivity contribution < 1.29 is 29.0 Å². The molecule has 0 bridgehead atoms. The van der Waals surface area contributed by atoms with E-state index in [0.717, 1.165) is 5.56 Å². The molecule has 0 spiro atoms. The highest BCUT2D eigenvalue weighted by Crippen LogP contribution is 2.42. The van der Waals surface area contributed by atoms with E-state index in [1.54, 1.807) is 29.1 Å². The fourth-order valence-corrected chi connectivity index (χ4v) is 7.69. The number of β-lactam (4-membered cyclic amide) rings is 1. The zero-order chi connectivity index (χ0) is 27.4. The van der Waals surface area contributed by atoms with E-state index < -0.39 is 41.3 Å². The molecule has 4 heterocycles. The summed E-state index contributed by atoms with van der Waals surface area (Å²) < 4.78 is 6.19. The van der Waals surface area contributed by atoms with Crippen molar-refractivity contribution in [1.82, 2.24) is 20.4 Å². The average molecular weight is 601 g/mol. The van der Waals surface area contributed by atoms with Gasteiger partial charge in [0.2, 0.25) is 6.10 Å². The molecule has 39 heavy (non-hydrogen) atoms. The van der Waals surface area contributed by atoms with E-state index in [-0.39, 0.29) is 5.70 Å². The number of hydrogen-bond donors (Lipinski definition) is 2. The van der Waals surface area contributed by atoms with Gasteiger partial charge >= 0.3 is 11.9 Å². The molecule has 2 aromatic heterocycles. The Morgan fingerprint density at radius 2 is 2.03 bits per heavy atom. The van der Waals surface area contributed by atoms with Crippen LogP contribution in [0.3, 0.4) is 0 Å². The molecular formula is C25H20N4O6S4. The molecule has 1 aromatic carbocycles. The number of amides is 2. The zero-order valence-corrected chi connectivity index (χ0v) is 23.2. The normalized spacial score (nSPS) is 19.4. The van der Waals surface area contributed by atoms with Crippen LogP contribution in [0.4, 0.5) is 0 Å². The van der Waals surface area contributed by atoms with Crippen molar-refractivity contribution >= 4 is 76.0 Å². The molecule has 14 heteroatoms. The van der Waals surface area contributed by atoms with Gasteiger partial charge in [-0.1, -0.05) is 59.5 Å². The Hall–Kier alpha value is -3.46. The van der Waals surface area contributed by atoms with Crippen LogP contribution in [0, 0.1) is 0 Å². The van der Waals surface area contributed by atoms with Crippen molar-refractivity contribution in [3.63, 3.8) is 0 Å². The second-order valence-corrected chi connectivity index (χ2v) is 12.4. The molecule has 10 nitrogen and oxygen atoms in total. The predicted octanol–water partition coefficient (Wildman–Crippen LogP) is 3.43. The number of carboxylic acid groups (broad SMARTS) is 1. The van der Waals surface area contributed by atoms with Gasteiger partial charge in [0.15, 0.2) is 4.34 Å². The van der Waals surface area contributed by atoms with Crippen LogP contribution in [-0.4, -0.2) is 66.9 Å². The summed E-state index contributed by atoms with van der Waals surface area (Å²) in [5.74, 6) is -2.38. The van der Waals surface area contributed by atoms with Crippen LogP contribution >= 0.6 is 46.2 Å². The molecule has 2 amide bonds. The van der Waals surface area contributed by atoms with E-state index in [1.807, 2.05) is 30.3 Å². The number of hydrogen-bond acceptors (Lipinski definition) is 11. The quantitative estimate of drug-likeness (QED) is 0.154. The highest BCUT2D eigenvalue weighted by molar-refractivity contribution is 8.01. The van der Waals surface area contributed by atoms with Gasteiger partial charge in [-0.05, 0) is 28.7 Å². The number of carboxylic acids is 1. The minimum atomic E-state index is -1.26. The summed E-state index contributed by atoms with van der Waals surface area (Å²) in [6, 6.07) is 11.6. The smallest absolute Gasteiger partial charge is 0.352 e. The van der Waals surface area contributed by atoms with Crippen LogP contribution in [-0.2, 0) is 23.9 Å². The number of fused-ring (bicyclic) bond motifs is 1. The van der Waals surface area contributed by atoms with Crippen molar-refractivity contribution in [2.24, 2.45) is 0 Å². The van der Waals surface area contributed by atoms with Crippen LogP contribution in [0.2, 0.25) is 0 Å². The molecule has 3 aromatic rings. The largest absolute Gasteiger partial charge is 0.477 e. The summed E-state index contributed by atoms with van der Waals surface area (Å²) in [5, 5.41) is 21.4. The molecule has 2 N–H and O–H groups in total. The summed E-state index contributed by atoms with van der Waals surface area (Å²) in [4.78, 5) is 52.7. The minimum absolute atomic E-state index is 0.0708. The lowest BCUT2D eigenvalue weighted by atomic mass is 10.0. The first kappa shape index (κ1) is 27.1. The maximum atomic E-state index is 13.3. The van der Waals surface area contributed by atoms with Crippen molar-refractivity contribution in [3.8, 4) is 0 Å². The Morgan fingerprint density at radius 1 is 1.21 bits per heavy atom. The van der Waals surface area contributed by atoms with Gasteiger partial charge in [-0.15, -0.1) is 33.3 Å². The van der Waals surface area contributed by atoms with Gasteiger partial charge in [0.05, 0.1) is 4.88 Å². The van der Waals surface area contributed by atoms with E-state index in [1.165, 1.54) is 57.2 Å². The number of thiophene rings is 1. The first-order valence-electron chi connectivity index (χ1n) is 11.5. The van der Waals surface area contributed by atoms with E-state index in [2.05, 4.69) is 15.5 Å². The highest BCUT2D eigenvalue weighted by Gasteiger charge is 2.54. The second kappa shape index (κ2) is 12.2. The lowest BCUT2D eigenvalue weighted by Gasteiger charge is -2.49. The Kier molecular flexibility index (Phi) is 8.45. The number of ether oxygens (including phenoxy) is 1. The van der Waals surface area contributed by atoms with Crippen LogP contribution < -0.4 is 5.32 Å². The molecule has 200 valence electrons. The topological polar surface area (TPSA) is 139 Å². The summed E-state index contributed by atoms with van der Waals surface area (Å²) in [7, 11) is 0. The molecule has 2 aliphatic rings. The number of benzene rings is 1. The molecule has 1 saturated heterocycles. The van der Waals surface area contributed by atoms with E-state index in [4.69, 9.17) is 4.74 Å². The van der Waals surface area contributed by atoms with Crippen LogP contribution in [0.15, 0.2) is 75.0 Å². The number of aliphatic carboxylic acids is 1. The zero-order valence-electron chi connectivity index (χ0n) is 20.0. The number of rotatable bonds is 10. The maximum absolute atomic E-state index is 13.3. The third-order valence-electron chi connectivity index (χ3n) is 5.74. The Labute approximate surface area is 239 Å². The minimum Gasteiger partial charge on any atom is -0.477 e. The first-order chi connectivity index (χ1) is 18.9. The van der Waals surface area contributed by atoms with Gasteiger partial charge in [0.1, 0.15) is 22.6 Å². The van der Waals surface area contributed by atoms with Gasteiger partial charge in [-0.25, -0.2) is 9.59 Å². The molecule has 0 radical (unpaired) electrons. The summed E-state index contributed by atoms with van der Waals surface area (Å²) in [6.07, 6.45) is 1.56. The third-order valence-corrected chi connectivity index (χ3v) is 9.94. The van der Waals surface area contributed by atoms with E-state index in [0.29, 0.717) is 26.3 Å². The maximum Gasteiger partial charge on any atom is 0.352 e. The summed E-state index contributed by atoms with van der Waals surface area (Å²) >= 11 is 5.31. The highest BCUT2D eigenvalue weighted by atomic mass is 32.2. The van der Waals surface area contributed by atoms with Crippen molar-refractivity contribution in [2.45, 2.75) is 21.9 Å². The molecule has 0 saturated carbocycles. The van der Waals surface area contributed by atoms with Gasteiger partial charge in [0, 0.05) is 17.6 Å². The van der Waals surface area contributed by atoms with Crippen LogP contribution in [0.25, 0.3) is 6.08 Å². The number of carbonyl (C=O) groups is 4. The Bertz CT molecular complexity index is 1430. The van der Waals surface area contributed by atoms with Gasteiger partial charge in [-0.2, -0.15) is 0 Å². The molecular weight excluding hydrogens is 581 g/mol. The molecule has 5 rings (SSSR count). The monoisotopic (exact) mass is 600 g/mol. The lowest BCUT2D eigenvalue weighted by Crippen LogP contribution is -2.71. The Morgan fingerprint density at radius 3 is 2.72 bits per heavy atom. The SMILES string of the molecule is O=C(/C=C/c1ccccc1)OC(C(=O)NC1C(=O)N2C(C(=O)O)=C(CSc3nncs3)CS[C@H]12)c1cccs1. The number of thioether (sulfide) groups is 2. The standard InChI is InChI=1S/C25H20N4O6S4/c30-17(9-8-14-5-2-1-3-6-14)35-20(16-7-4-10-36-16)21(31)27-18-22(32)29-19(24(33)34)15(11-37-23(18)29)12-38-25-28-26-13-39-25/h1-10,13,18,20,23H,11-12H2,(H,27,31)(H,33,34)/b9-8+/t18?,20?,23-/m1/s1. The fraction of sp³-hybridized carbons (Fsp3) is 0.200. The average Bonchev–Trinajstić information content (AvgIpc) is 3.67. The van der Waals surface area contributed by atoms with Gasteiger partial charge in [0.25, 0.3) is 11.8 Å². The number of esters is 1. The number of nitrogens with one attached hydrogen (secondary N) is 1. The number of aromatic nitrogens is 2. The van der Waals surface area contributed by atoms with Crippen LogP contribution in [0.1, 0.15) is 16.5 Å². The van der Waals surface area contributed by atoms with Crippen molar-refractivity contribution in [2.75, 3.05) is 11.5 Å². The molecule has 2 unspecified atom stereocenters. The fourth-order valence-electron chi connectivity index (χ4n) is 3.96. The van der Waals surface area contributed by atoms with Crippen molar-refractivity contribution in [1.29, 1.82) is 0 Å². The Balaban J connectivity index is 1.27. The molecule has 0 aliphatic carbocycles.